The first kappa shape index (κ1) is 11.3. The van der Waals surface area contributed by atoms with Gasteiger partial charge in [-0.1, -0.05) is 18.2 Å². The highest BCUT2D eigenvalue weighted by molar-refractivity contribution is 5.50. The summed E-state index contributed by atoms with van der Waals surface area (Å²) in [6.45, 7) is 2.94. The normalized spacial score (nSPS) is 15.9. The minimum absolute atomic E-state index is 0.157. The quantitative estimate of drug-likeness (QED) is 0.749. The van der Waals surface area contributed by atoms with Gasteiger partial charge in [0.2, 0.25) is 0 Å². The first-order chi connectivity index (χ1) is 7.74. The van der Waals surface area contributed by atoms with Crippen LogP contribution in [0.2, 0.25) is 0 Å². The molecule has 0 amide bonds. The molecular formula is C14H18FN. The second-order valence-electron chi connectivity index (χ2n) is 4.48. The van der Waals surface area contributed by atoms with E-state index in [1.807, 2.05) is 19.1 Å². The molecule has 0 aromatic heterocycles. The van der Waals surface area contributed by atoms with E-state index in [0.29, 0.717) is 0 Å². The first-order valence-electron chi connectivity index (χ1n) is 5.91. The second kappa shape index (κ2) is 5.26. The van der Waals surface area contributed by atoms with Crippen molar-refractivity contribution >= 4 is 6.08 Å². The Morgan fingerprint density at radius 3 is 2.88 bits per heavy atom. The molecule has 0 spiro atoms. The maximum absolute atomic E-state index is 13.1. The number of halogens is 1. The lowest BCUT2D eigenvalue weighted by Gasteiger charge is -1.99. The Morgan fingerprint density at radius 1 is 1.38 bits per heavy atom. The van der Waals surface area contributed by atoms with Crippen molar-refractivity contribution in [2.75, 3.05) is 6.54 Å². The van der Waals surface area contributed by atoms with Crippen LogP contribution in [0, 0.1) is 12.7 Å². The summed E-state index contributed by atoms with van der Waals surface area (Å²) in [5.74, 6) is -0.157. The number of rotatable bonds is 5. The van der Waals surface area contributed by atoms with E-state index in [0.717, 1.165) is 30.1 Å². The van der Waals surface area contributed by atoms with Crippen molar-refractivity contribution in [3.05, 3.63) is 41.2 Å². The molecule has 1 N–H and O–H groups in total. The van der Waals surface area contributed by atoms with E-state index in [1.165, 1.54) is 12.8 Å². The van der Waals surface area contributed by atoms with E-state index in [-0.39, 0.29) is 5.82 Å². The number of hydrogen-bond donors (Lipinski definition) is 1. The third-order valence-corrected chi connectivity index (χ3v) is 2.70. The van der Waals surface area contributed by atoms with Gasteiger partial charge in [-0.2, -0.15) is 0 Å². The topological polar surface area (TPSA) is 12.0 Å². The lowest BCUT2D eigenvalue weighted by Crippen LogP contribution is -2.16. The molecule has 1 fully saturated rings. The van der Waals surface area contributed by atoms with E-state index in [4.69, 9.17) is 0 Å². The molecule has 0 heterocycles. The van der Waals surface area contributed by atoms with E-state index in [9.17, 15) is 4.39 Å². The van der Waals surface area contributed by atoms with Crippen LogP contribution in [0.4, 0.5) is 4.39 Å². The maximum Gasteiger partial charge on any atom is 0.124 e. The molecule has 1 aromatic rings. The fourth-order valence-electron chi connectivity index (χ4n) is 1.74. The van der Waals surface area contributed by atoms with Crippen molar-refractivity contribution in [3.8, 4) is 0 Å². The lowest BCUT2D eigenvalue weighted by atomic mass is 10.1. The van der Waals surface area contributed by atoms with Gasteiger partial charge in [0, 0.05) is 6.04 Å². The van der Waals surface area contributed by atoms with Crippen LogP contribution >= 0.6 is 0 Å². The summed E-state index contributed by atoms with van der Waals surface area (Å²) in [5, 5.41) is 3.44. The van der Waals surface area contributed by atoms with Crippen molar-refractivity contribution in [1.82, 2.24) is 5.32 Å². The standard InChI is InChI=1S/C14H18FN/c1-11-8-12(10-13(15)9-11)4-2-3-7-16-14-5-6-14/h2,4,8-10,14,16H,3,5-7H2,1H3. The van der Waals surface area contributed by atoms with Crippen molar-refractivity contribution in [1.29, 1.82) is 0 Å². The zero-order valence-corrected chi connectivity index (χ0v) is 9.67. The van der Waals surface area contributed by atoms with Crippen molar-refractivity contribution in [3.63, 3.8) is 0 Å². The van der Waals surface area contributed by atoms with Gasteiger partial charge in [0.25, 0.3) is 0 Å². The van der Waals surface area contributed by atoms with Gasteiger partial charge in [-0.05, 0) is 56.0 Å². The van der Waals surface area contributed by atoms with Gasteiger partial charge >= 0.3 is 0 Å². The van der Waals surface area contributed by atoms with Crippen LogP contribution in [0.25, 0.3) is 6.08 Å². The summed E-state index contributed by atoms with van der Waals surface area (Å²) >= 11 is 0. The summed E-state index contributed by atoms with van der Waals surface area (Å²) < 4.78 is 13.1. The average molecular weight is 219 g/mol. The predicted octanol–water partition coefficient (Wildman–Crippen LogP) is 3.29. The molecule has 0 bridgehead atoms. The van der Waals surface area contributed by atoms with Crippen LogP contribution in [-0.4, -0.2) is 12.6 Å². The fraction of sp³-hybridized carbons (Fsp3) is 0.429. The van der Waals surface area contributed by atoms with Gasteiger partial charge in [0.1, 0.15) is 5.82 Å². The van der Waals surface area contributed by atoms with Gasteiger partial charge in [-0.3, -0.25) is 0 Å². The van der Waals surface area contributed by atoms with Crippen molar-refractivity contribution in [2.45, 2.75) is 32.2 Å². The molecule has 1 saturated carbocycles. The van der Waals surface area contributed by atoms with Crippen LogP contribution < -0.4 is 5.32 Å². The number of benzene rings is 1. The highest BCUT2D eigenvalue weighted by Gasteiger charge is 2.19. The average Bonchev–Trinajstić information content (AvgIpc) is 2.99. The molecule has 86 valence electrons. The van der Waals surface area contributed by atoms with Crippen LogP contribution in [0.1, 0.15) is 30.4 Å². The number of nitrogens with one attached hydrogen (secondary N) is 1. The first-order valence-corrected chi connectivity index (χ1v) is 5.91. The second-order valence-corrected chi connectivity index (χ2v) is 4.48. The summed E-state index contributed by atoms with van der Waals surface area (Å²) in [7, 11) is 0. The van der Waals surface area contributed by atoms with Crippen LogP contribution in [0.5, 0.6) is 0 Å². The Bertz CT molecular complexity index is 360. The Kier molecular flexibility index (Phi) is 3.73. The molecule has 1 aromatic carbocycles. The van der Waals surface area contributed by atoms with Crippen molar-refractivity contribution < 1.29 is 4.39 Å². The van der Waals surface area contributed by atoms with E-state index in [2.05, 4.69) is 11.4 Å². The molecule has 1 aliphatic carbocycles. The molecule has 0 radical (unpaired) electrons. The van der Waals surface area contributed by atoms with Gasteiger partial charge in [-0.15, -0.1) is 0 Å². The smallest absolute Gasteiger partial charge is 0.124 e. The monoisotopic (exact) mass is 219 g/mol. The van der Waals surface area contributed by atoms with E-state index >= 15 is 0 Å². The molecule has 16 heavy (non-hydrogen) atoms. The predicted molar refractivity (Wildman–Crippen MR) is 65.8 cm³/mol. The summed E-state index contributed by atoms with van der Waals surface area (Å²) in [4.78, 5) is 0. The SMILES string of the molecule is Cc1cc(F)cc(C=CCCNC2CC2)c1. The largest absolute Gasteiger partial charge is 0.314 e. The summed E-state index contributed by atoms with van der Waals surface area (Å²) in [6, 6.07) is 5.88. The zero-order chi connectivity index (χ0) is 11.4. The van der Waals surface area contributed by atoms with Gasteiger partial charge < -0.3 is 5.32 Å². The highest BCUT2D eigenvalue weighted by atomic mass is 19.1. The third kappa shape index (κ3) is 3.78. The van der Waals surface area contributed by atoms with E-state index in [1.54, 1.807) is 12.1 Å². The summed E-state index contributed by atoms with van der Waals surface area (Å²) in [6.07, 6.45) is 7.75. The lowest BCUT2D eigenvalue weighted by molar-refractivity contribution is 0.626. The van der Waals surface area contributed by atoms with Gasteiger partial charge in [0.05, 0.1) is 0 Å². The van der Waals surface area contributed by atoms with Crippen molar-refractivity contribution in [2.24, 2.45) is 0 Å². The van der Waals surface area contributed by atoms with Gasteiger partial charge in [0.15, 0.2) is 0 Å². The van der Waals surface area contributed by atoms with Gasteiger partial charge in [-0.25, -0.2) is 4.39 Å². The molecule has 1 nitrogen and oxygen atoms in total. The molecule has 0 saturated heterocycles. The Hall–Kier alpha value is -1.15. The van der Waals surface area contributed by atoms with Crippen LogP contribution in [0.3, 0.4) is 0 Å². The molecular weight excluding hydrogens is 201 g/mol. The number of aryl methyl sites for hydroxylation is 1. The van der Waals surface area contributed by atoms with E-state index < -0.39 is 0 Å². The molecule has 0 atom stereocenters. The highest BCUT2D eigenvalue weighted by Crippen LogP contribution is 2.18. The maximum atomic E-state index is 13.1. The number of hydrogen-bond acceptors (Lipinski definition) is 1. The zero-order valence-electron chi connectivity index (χ0n) is 9.67. The third-order valence-electron chi connectivity index (χ3n) is 2.70. The molecule has 1 aliphatic rings. The molecule has 2 heteroatoms. The van der Waals surface area contributed by atoms with Crippen LogP contribution in [0.15, 0.2) is 24.3 Å². The Labute approximate surface area is 96.4 Å². The molecule has 2 rings (SSSR count). The fourth-order valence-corrected chi connectivity index (χ4v) is 1.74. The molecule has 0 aliphatic heterocycles. The van der Waals surface area contributed by atoms with Crippen LogP contribution in [-0.2, 0) is 0 Å². The molecule has 0 unspecified atom stereocenters. The Balaban J connectivity index is 1.79. The minimum atomic E-state index is -0.157. The summed E-state index contributed by atoms with van der Waals surface area (Å²) in [5.41, 5.74) is 1.92. The minimum Gasteiger partial charge on any atom is -0.314 e. The Morgan fingerprint density at radius 2 is 2.19 bits per heavy atom.